The minimum absolute atomic E-state index is 0.0803. The molecule has 1 aliphatic rings. The van der Waals surface area contributed by atoms with Crippen LogP contribution in [0.3, 0.4) is 0 Å². The van der Waals surface area contributed by atoms with Gasteiger partial charge in [-0.15, -0.1) is 22.7 Å². The number of thiazole rings is 1. The van der Waals surface area contributed by atoms with Crippen LogP contribution in [0, 0.1) is 0 Å². The van der Waals surface area contributed by atoms with Crippen molar-refractivity contribution in [3.05, 3.63) is 63.1 Å². The molecule has 1 aliphatic heterocycles. The lowest BCUT2D eigenvalue weighted by molar-refractivity contribution is 0.103. The van der Waals surface area contributed by atoms with Crippen molar-refractivity contribution >= 4 is 33.7 Å². The van der Waals surface area contributed by atoms with Crippen molar-refractivity contribution in [2.45, 2.75) is 19.5 Å². The van der Waals surface area contributed by atoms with E-state index in [1.807, 2.05) is 29.8 Å². The number of fused-ring (bicyclic) bond motifs is 1. The van der Waals surface area contributed by atoms with Gasteiger partial charge in [0.15, 0.2) is 5.13 Å². The fourth-order valence-electron chi connectivity index (χ4n) is 2.75. The Morgan fingerprint density at radius 1 is 1.33 bits per heavy atom. The number of hydrogen-bond acceptors (Lipinski definition) is 6. The third kappa shape index (κ3) is 3.38. The van der Waals surface area contributed by atoms with Crippen LogP contribution in [0.25, 0.3) is 0 Å². The van der Waals surface area contributed by atoms with E-state index in [0.29, 0.717) is 10.0 Å². The Morgan fingerprint density at radius 3 is 3.08 bits per heavy atom. The molecule has 0 aromatic carbocycles. The molecular formula is C17H16N4OS2. The Balaban J connectivity index is 1.43. The van der Waals surface area contributed by atoms with Gasteiger partial charge in [0.05, 0.1) is 10.6 Å². The van der Waals surface area contributed by atoms with Gasteiger partial charge in [0, 0.05) is 43.3 Å². The van der Waals surface area contributed by atoms with Crippen LogP contribution in [0.5, 0.6) is 0 Å². The molecule has 0 fully saturated rings. The Morgan fingerprint density at radius 2 is 2.29 bits per heavy atom. The highest BCUT2D eigenvalue weighted by Gasteiger charge is 2.21. The normalized spacial score (nSPS) is 14.3. The summed E-state index contributed by atoms with van der Waals surface area (Å²) < 4.78 is 0. The molecule has 1 amide bonds. The summed E-state index contributed by atoms with van der Waals surface area (Å²) in [4.78, 5) is 25.3. The summed E-state index contributed by atoms with van der Waals surface area (Å²) >= 11 is 3.02. The van der Waals surface area contributed by atoms with Crippen molar-refractivity contribution < 1.29 is 4.79 Å². The first-order chi connectivity index (χ1) is 11.8. The van der Waals surface area contributed by atoms with Crippen molar-refractivity contribution in [2.24, 2.45) is 0 Å². The largest absolute Gasteiger partial charge is 0.297 e. The van der Waals surface area contributed by atoms with E-state index in [1.165, 1.54) is 21.8 Å². The second-order valence-electron chi connectivity index (χ2n) is 5.64. The zero-order valence-corrected chi connectivity index (χ0v) is 14.6. The Labute approximate surface area is 148 Å². The molecule has 24 heavy (non-hydrogen) atoms. The van der Waals surface area contributed by atoms with Crippen molar-refractivity contribution in [1.29, 1.82) is 0 Å². The Hall–Kier alpha value is -2.09. The van der Waals surface area contributed by atoms with E-state index in [0.717, 1.165) is 31.7 Å². The van der Waals surface area contributed by atoms with Crippen LogP contribution in [0.15, 0.2) is 42.0 Å². The second-order valence-corrected chi connectivity index (χ2v) is 7.67. The van der Waals surface area contributed by atoms with Crippen LogP contribution in [-0.2, 0) is 19.5 Å². The first kappa shape index (κ1) is 15.4. The van der Waals surface area contributed by atoms with Crippen LogP contribution in [0.2, 0.25) is 0 Å². The number of hydrogen-bond donors (Lipinski definition) is 1. The standard InChI is InChI=1S/C17H16N4OS2/c22-16(14-4-2-8-23-14)20-17-19-13-5-7-21(11-15(13)24-17)10-12-3-1-6-18-9-12/h1-4,6,8-9H,5,7,10-11H2,(H,19,20,22). The number of aromatic nitrogens is 2. The second kappa shape index (κ2) is 6.80. The van der Waals surface area contributed by atoms with Crippen LogP contribution >= 0.6 is 22.7 Å². The average Bonchev–Trinajstić information content (AvgIpc) is 3.24. The van der Waals surface area contributed by atoms with E-state index in [4.69, 9.17) is 0 Å². The lowest BCUT2D eigenvalue weighted by Gasteiger charge is -2.25. The summed E-state index contributed by atoms with van der Waals surface area (Å²) in [5, 5.41) is 5.51. The third-order valence-corrected chi connectivity index (χ3v) is 5.77. The number of rotatable bonds is 4. The molecule has 0 radical (unpaired) electrons. The summed E-state index contributed by atoms with van der Waals surface area (Å²) in [5.41, 5.74) is 2.33. The summed E-state index contributed by atoms with van der Waals surface area (Å²) in [7, 11) is 0. The molecule has 5 nitrogen and oxygen atoms in total. The number of pyridine rings is 1. The predicted molar refractivity (Wildman–Crippen MR) is 96.4 cm³/mol. The third-order valence-electron chi connectivity index (χ3n) is 3.90. The van der Waals surface area contributed by atoms with Crippen LogP contribution in [0.1, 0.15) is 25.8 Å². The molecule has 0 atom stereocenters. The van der Waals surface area contributed by atoms with Gasteiger partial charge in [0.25, 0.3) is 5.91 Å². The van der Waals surface area contributed by atoms with E-state index < -0.39 is 0 Å². The molecule has 0 unspecified atom stereocenters. The van der Waals surface area contributed by atoms with Crippen molar-refractivity contribution in [2.75, 3.05) is 11.9 Å². The fourth-order valence-corrected chi connectivity index (χ4v) is 4.42. The fraction of sp³-hybridized carbons (Fsp3) is 0.235. The van der Waals surface area contributed by atoms with Crippen LogP contribution in [-0.4, -0.2) is 27.3 Å². The first-order valence-electron chi connectivity index (χ1n) is 7.72. The molecule has 3 aromatic heterocycles. The minimum atomic E-state index is -0.0803. The van der Waals surface area contributed by atoms with Gasteiger partial charge in [0.2, 0.25) is 0 Å². The van der Waals surface area contributed by atoms with Crippen LogP contribution < -0.4 is 5.32 Å². The van der Waals surface area contributed by atoms with Gasteiger partial charge in [0.1, 0.15) is 0 Å². The summed E-state index contributed by atoms with van der Waals surface area (Å²) in [6, 6.07) is 7.77. The predicted octanol–water partition coefficient (Wildman–Crippen LogP) is 3.41. The maximum atomic E-state index is 12.1. The lowest BCUT2D eigenvalue weighted by Crippen LogP contribution is -2.29. The number of nitrogens with one attached hydrogen (secondary N) is 1. The Kier molecular flexibility index (Phi) is 4.38. The SMILES string of the molecule is O=C(Nc1nc2c(s1)CN(Cc1cccnc1)CC2)c1cccs1. The number of carbonyl (C=O) groups is 1. The molecule has 3 aromatic rings. The molecular weight excluding hydrogens is 340 g/mol. The van der Waals surface area contributed by atoms with Crippen molar-refractivity contribution in [3.63, 3.8) is 0 Å². The highest BCUT2D eigenvalue weighted by molar-refractivity contribution is 7.16. The van der Waals surface area contributed by atoms with Gasteiger partial charge in [-0.1, -0.05) is 12.1 Å². The topological polar surface area (TPSA) is 58.1 Å². The molecule has 1 N–H and O–H groups in total. The van der Waals surface area contributed by atoms with E-state index in [-0.39, 0.29) is 5.91 Å². The van der Waals surface area contributed by atoms with E-state index in [2.05, 4.69) is 26.3 Å². The number of anilines is 1. The maximum Gasteiger partial charge on any atom is 0.267 e. The number of nitrogens with zero attached hydrogens (tertiary/aromatic N) is 3. The molecule has 0 aliphatic carbocycles. The van der Waals surface area contributed by atoms with E-state index in [1.54, 1.807) is 17.5 Å². The molecule has 0 saturated heterocycles. The van der Waals surface area contributed by atoms with Gasteiger partial charge in [-0.3, -0.25) is 20.0 Å². The smallest absolute Gasteiger partial charge is 0.267 e. The summed E-state index contributed by atoms with van der Waals surface area (Å²) in [5.74, 6) is -0.0803. The highest BCUT2D eigenvalue weighted by Crippen LogP contribution is 2.29. The molecule has 4 heterocycles. The van der Waals surface area contributed by atoms with Crippen molar-refractivity contribution in [3.8, 4) is 0 Å². The highest BCUT2D eigenvalue weighted by atomic mass is 32.1. The number of thiophene rings is 1. The lowest BCUT2D eigenvalue weighted by atomic mass is 10.1. The zero-order chi connectivity index (χ0) is 16.4. The molecule has 7 heteroatoms. The molecule has 122 valence electrons. The van der Waals surface area contributed by atoms with Gasteiger partial charge in [-0.05, 0) is 23.1 Å². The minimum Gasteiger partial charge on any atom is -0.297 e. The van der Waals surface area contributed by atoms with Gasteiger partial charge < -0.3 is 0 Å². The van der Waals surface area contributed by atoms with E-state index in [9.17, 15) is 4.79 Å². The number of carbonyl (C=O) groups excluding carboxylic acids is 1. The zero-order valence-electron chi connectivity index (χ0n) is 12.9. The number of amides is 1. The maximum absolute atomic E-state index is 12.1. The Bertz CT molecular complexity index is 830. The first-order valence-corrected chi connectivity index (χ1v) is 9.42. The summed E-state index contributed by atoms with van der Waals surface area (Å²) in [6.07, 6.45) is 4.62. The molecule has 0 spiro atoms. The quantitative estimate of drug-likeness (QED) is 0.778. The molecule has 0 saturated carbocycles. The van der Waals surface area contributed by atoms with E-state index >= 15 is 0 Å². The average molecular weight is 356 g/mol. The van der Waals surface area contributed by atoms with Gasteiger partial charge in [-0.2, -0.15) is 0 Å². The van der Waals surface area contributed by atoms with Crippen molar-refractivity contribution in [1.82, 2.24) is 14.9 Å². The van der Waals surface area contributed by atoms with Crippen LogP contribution in [0.4, 0.5) is 5.13 Å². The summed E-state index contributed by atoms with van der Waals surface area (Å²) in [6.45, 7) is 2.74. The monoisotopic (exact) mass is 356 g/mol. The van der Waals surface area contributed by atoms with Gasteiger partial charge in [-0.25, -0.2) is 4.98 Å². The molecule has 0 bridgehead atoms. The molecule has 4 rings (SSSR count). The van der Waals surface area contributed by atoms with Gasteiger partial charge >= 0.3 is 0 Å².